The summed E-state index contributed by atoms with van der Waals surface area (Å²) in [4.78, 5) is 3.44. The van der Waals surface area contributed by atoms with Crippen LogP contribution < -0.4 is 5.32 Å². The molecule has 2 heterocycles. The highest BCUT2D eigenvalue weighted by Crippen LogP contribution is 2.31. The predicted molar refractivity (Wildman–Crippen MR) is 64.6 cm³/mol. The van der Waals surface area contributed by atoms with Crippen LogP contribution in [0.15, 0.2) is 18.2 Å². The molecule has 84 valence electrons. The summed E-state index contributed by atoms with van der Waals surface area (Å²) in [6.07, 6.45) is 1.04. The van der Waals surface area contributed by atoms with Crippen LogP contribution in [0.1, 0.15) is 22.9 Å². The molecule has 0 amide bonds. The van der Waals surface area contributed by atoms with Gasteiger partial charge in [-0.3, -0.25) is 0 Å². The Morgan fingerprint density at radius 2 is 2.31 bits per heavy atom. The van der Waals surface area contributed by atoms with Gasteiger partial charge in [0, 0.05) is 16.6 Å². The van der Waals surface area contributed by atoms with Crippen LogP contribution in [-0.2, 0) is 6.42 Å². The van der Waals surface area contributed by atoms with Crippen LogP contribution in [0.5, 0.6) is 0 Å². The Morgan fingerprint density at radius 3 is 3.12 bits per heavy atom. The minimum absolute atomic E-state index is 0.0653. The Labute approximate surface area is 94.5 Å². The molecule has 16 heavy (non-hydrogen) atoms. The van der Waals surface area contributed by atoms with Gasteiger partial charge in [-0.15, -0.1) is 0 Å². The number of aryl methyl sites for hydroxylation is 1. The predicted octanol–water partition coefficient (Wildman–Crippen LogP) is 1.66. The van der Waals surface area contributed by atoms with Crippen molar-refractivity contribution in [2.24, 2.45) is 0 Å². The molecule has 0 saturated carbocycles. The lowest BCUT2D eigenvalue weighted by Gasteiger charge is -2.22. The molecule has 1 atom stereocenters. The van der Waals surface area contributed by atoms with Gasteiger partial charge in [0.2, 0.25) is 0 Å². The molecule has 0 radical (unpaired) electrons. The van der Waals surface area contributed by atoms with Gasteiger partial charge in [0.1, 0.15) is 0 Å². The maximum Gasteiger partial charge on any atom is 0.0710 e. The molecule has 1 aromatic heterocycles. The quantitative estimate of drug-likeness (QED) is 0.679. The zero-order chi connectivity index (χ0) is 11.1. The van der Waals surface area contributed by atoms with E-state index in [0.29, 0.717) is 0 Å². The van der Waals surface area contributed by atoms with Crippen LogP contribution in [0.2, 0.25) is 0 Å². The first kappa shape index (κ1) is 9.87. The van der Waals surface area contributed by atoms with E-state index in [2.05, 4.69) is 35.4 Å². The van der Waals surface area contributed by atoms with Crippen LogP contribution in [-0.4, -0.2) is 23.2 Å². The summed E-state index contributed by atoms with van der Waals surface area (Å²) in [5.74, 6) is 0. The Morgan fingerprint density at radius 1 is 1.44 bits per heavy atom. The van der Waals surface area contributed by atoms with Crippen molar-refractivity contribution >= 4 is 10.9 Å². The number of hydrogen-bond donors (Lipinski definition) is 3. The number of fused-ring (bicyclic) bond motifs is 3. The first-order valence-electron chi connectivity index (χ1n) is 5.75. The van der Waals surface area contributed by atoms with E-state index in [1.165, 1.54) is 22.0 Å². The van der Waals surface area contributed by atoms with Gasteiger partial charge >= 0.3 is 0 Å². The summed E-state index contributed by atoms with van der Waals surface area (Å²) in [7, 11) is 0. The molecule has 3 nitrogen and oxygen atoms in total. The van der Waals surface area contributed by atoms with Crippen LogP contribution in [0.25, 0.3) is 10.9 Å². The first-order valence-corrected chi connectivity index (χ1v) is 5.75. The highest BCUT2D eigenvalue weighted by atomic mass is 16.3. The van der Waals surface area contributed by atoms with Crippen molar-refractivity contribution in [3.63, 3.8) is 0 Å². The zero-order valence-electron chi connectivity index (χ0n) is 9.38. The van der Waals surface area contributed by atoms with Crippen molar-refractivity contribution in [3.8, 4) is 0 Å². The van der Waals surface area contributed by atoms with Crippen molar-refractivity contribution in [1.82, 2.24) is 10.3 Å². The van der Waals surface area contributed by atoms with E-state index in [1.54, 1.807) is 0 Å². The van der Waals surface area contributed by atoms with Crippen molar-refractivity contribution in [3.05, 3.63) is 35.0 Å². The minimum Gasteiger partial charge on any atom is -0.394 e. The molecule has 0 spiro atoms. The highest BCUT2D eigenvalue weighted by molar-refractivity contribution is 5.88. The molecule has 0 saturated heterocycles. The first-order chi connectivity index (χ1) is 7.81. The number of aliphatic hydroxyl groups is 1. The Bertz CT molecular complexity index is 530. The van der Waals surface area contributed by atoms with Crippen molar-refractivity contribution in [1.29, 1.82) is 0 Å². The summed E-state index contributed by atoms with van der Waals surface area (Å²) in [6, 6.07) is 6.39. The van der Waals surface area contributed by atoms with Crippen LogP contribution >= 0.6 is 0 Å². The summed E-state index contributed by atoms with van der Waals surface area (Å²) < 4.78 is 0. The van der Waals surface area contributed by atoms with E-state index in [9.17, 15) is 5.11 Å². The number of hydrogen-bond acceptors (Lipinski definition) is 2. The standard InChI is InChI=1S/C13H16N2O/c1-8-3-2-4-10-12(8)9-5-6-14-11(7-16)13(9)15-10/h2-4,11,14-16H,5-7H2,1H3. The second-order valence-electron chi connectivity index (χ2n) is 4.45. The van der Waals surface area contributed by atoms with E-state index in [1.807, 2.05) is 0 Å². The van der Waals surface area contributed by atoms with E-state index in [0.717, 1.165) is 18.7 Å². The summed E-state index contributed by atoms with van der Waals surface area (Å²) >= 11 is 0. The molecule has 1 aromatic carbocycles. The molecular formula is C13H16N2O. The van der Waals surface area contributed by atoms with Gasteiger partial charge in [0.05, 0.1) is 12.6 Å². The fraction of sp³-hybridized carbons (Fsp3) is 0.385. The van der Waals surface area contributed by atoms with Crippen LogP contribution in [0.3, 0.4) is 0 Å². The zero-order valence-corrected chi connectivity index (χ0v) is 9.38. The lowest BCUT2D eigenvalue weighted by Crippen LogP contribution is -2.31. The fourth-order valence-corrected chi connectivity index (χ4v) is 2.71. The molecule has 1 aliphatic heterocycles. The number of H-pyrrole nitrogens is 1. The molecule has 0 aliphatic carbocycles. The molecule has 3 rings (SSSR count). The maximum absolute atomic E-state index is 9.35. The SMILES string of the molecule is Cc1cccc2[nH]c3c(c12)CCNC3CO. The number of aromatic amines is 1. The van der Waals surface area contributed by atoms with Crippen LogP contribution in [0, 0.1) is 6.92 Å². The average Bonchev–Trinajstić information content (AvgIpc) is 2.68. The molecule has 3 heteroatoms. The third-order valence-electron chi connectivity index (χ3n) is 3.47. The van der Waals surface area contributed by atoms with Crippen molar-refractivity contribution in [2.75, 3.05) is 13.2 Å². The lowest BCUT2D eigenvalue weighted by atomic mass is 9.97. The van der Waals surface area contributed by atoms with Gasteiger partial charge in [0.25, 0.3) is 0 Å². The van der Waals surface area contributed by atoms with E-state index in [4.69, 9.17) is 0 Å². The molecule has 1 aliphatic rings. The number of nitrogens with one attached hydrogen (secondary N) is 2. The third-order valence-corrected chi connectivity index (χ3v) is 3.47. The fourth-order valence-electron chi connectivity index (χ4n) is 2.71. The van der Waals surface area contributed by atoms with Gasteiger partial charge in [-0.1, -0.05) is 12.1 Å². The van der Waals surface area contributed by atoms with Gasteiger partial charge in [-0.25, -0.2) is 0 Å². The largest absolute Gasteiger partial charge is 0.394 e. The Hall–Kier alpha value is -1.32. The molecule has 0 fully saturated rings. The van der Waals surface area contributed by atoms with Gasteiger partial charge in [-0.05, 0) is 37.1 Å². The number of aromatic nitrogens is 1. The minimum atomic E-state index is 0.0653. The van der Waals surface area contributed by atoms with Gasteiger partial charge in [0.15, 0.2) is 0 Å². The lowest BCUT2D eigenvalue weighted by molar-refractivity contribution is 0.238. The molecule has 0 bridgehead atoms. The third kappa shape index (κ3) is 1.29. The maximum atomic E-state index is 9.35. The second-order valence-corrected chi connectivity index (χ2v) is 4.45. The highest BCUT2D eigenvalue weighted by Gasteiger charge is 2.23. The molecular weight excluding hydrogens is 200 g/mol. The molecule has 2 aromatic rings. The van der Waals surface area contributed by atoms with E-state index < -0.39 is 0 Å². The normalized spacial score (nSPS) is 20.0. The van der Waals surface area contributed by atoms with Crippen LogP contribution in [0.4, 0.5) is 0 Å². The number of benzene rings is 1. The van der Waals surface area contributed by atoms with E-state index in [-0.39, 0.29) is 12.6 Å². The summed E-state index contributed by atoms with van der Waals surface area (Å²) in [5.41, 5.74) is 5.05. The Kier molecular flexibility index (Phi) is 2.23. The van der Waals surface area contributed by atoms with Crippen molar-refractivity contribution in [2.45, 2.75) is 19.4 Å². The smallest absolute Gasteiger partial charge is 0.0710 e. The van der Waals surface area contributed by atoms with Gasteiger partial charge in [-0.2, -0.15) is 0 Å². The second kappa shape index (κ2) is 3.61. The average molecular weight is 216 g/mol. The monoisotopic (exact) mass is 216 g/mol. The topological polar surface area (TPSA) is 48.0 Å². The molecule has 1 unspecified atom stereocenters. The van der Waals surface area contributed by atoms with Crippen molar-refractivity contribution < 1.29 is 5.11 Å². The number of rotatable bonds is 1. The van der Waals surface area contributed by atoms with E-state index >= 15 is 0 Å². The summed E-state index contributed by atoms with van der Waals surface area (Å²) in [6.45, 7) is 3.24. The Balaban J connectivity index is 2.29. The molecule has 3 N–H and O–H groups in total. The van der Waals surface area contributed by atoms with Gasteiger partial charge < -0.3 is 15.4 Å². The number of aliphatic hydroxyl groups excluding tert-OH is 1. The summed E-state index contributed by atoms with van der Waals surface area (Å²) in [5, 5.41) is 14.0.